The van der Waals surface area contributed by atoms with Gasteiger partial charge in [0, 0.05) is 37.3 Å². The van der Waals surface area contributed by atoms with Crippen LogP contribution in [0.2, 0.25) is 0 Å². The summed E-state index contributed by atoms with van der Waals surface area (Å²) < 4.78 is 16.2. The standard InChI is InChI=1S/C17H27N3O3.HI/c1-6-9-19-17(18-7-2)20-10-8-14-15(22-4)11-13(21-3)12-16(14)23-5;/h6,11-12H,1,7-10H2,2-5H3,(H2,18,19,20);1H. The van der Waals surface area contributed by atoms with Crippen molar-refractivity contribution in [3.05, 3.63) is 30.4 Å². The Bertz CT molecular complexity index is 511. The van der Waals surface area contributed by atoms with E-state index in [1.54, 1.807) is 27.4 Å². The van der Waals surface area contributed by atoms with Gasteiger partial charge in [-0.05, 0) is 13.3 Å². The van der Waals surface area contributed by atoms with Crippen molar-refractivity contribution in [1.82, 2.24) is 10.6 Å². The predicted molar refractivity (Wildman–Crippen MR) is 109 cm³/mol. The second kappa shape index (κ2) is 12.7. The monoisotopic (exact) mass is 449 g/mol. The second-order valence-electron chi connectivity index (χ2n) is 4.69. The lowest BCUT2D eigenvalue weighted by molar-refractivity contribution is 0.369. The third-order valence-corrected chi connectivity index (χ3v) is 3.21. The number of hydrogen-bond donors (Lipinski definition) is 2. The summed E-state index contributed by atoms with van der Waals surface area (Å²) in [5, 5.41) is 6.36. The van der Waals surface area contributed by atoms with Gasteiger partial charge in [-0.1, -0.05) is 6.08 Å². The van der Waals surface area contributed by atoms with Crippen molar-refractivity contribution >= 4 is 29.9 Å². The first-order valence-corrected chi connectivity index (χ1v) is 7.62. The van der Waals surface area contributed by atoms with E-state index in [2.05, 4.69) is 22.2 Å². The van der Waals surface area contributed by atoms with Crippen molar-refractivity contribution in [3.63, 3.8) is 0 Å². The van der Waals surface area contributed by atoms with Crippen molar-refractivity contribution in [1.29, 1.82) is 0 Å². The molecular formula is C17H28IN3O3. The number of hydrogen-bond acceptors (Lipinski definition) is 4. The van der Waals surface area contributed by atoms with E-state index in [9.17, 15) is 0 Å². The minimum Gasteiger partial charge on any atom is -0.496 e. The SMILES string of the molecule is C=CCNC(=NCCc1c(OC)cc(OC)cc1OC)NCC.I. The Balaban J connectivity index is 0.00000529. The van der Waals surface area contributed by atoms with Gasteiger partial charge in [-0.15, -0.1) is 30.6 Å². The van der Waals surface area contributed by atoms with Crippen LogP contribution in [0.3, 0.4) is 0 Å². The van der Waals surface area contributed by atoms with Gasteiger partial charge in [0.2, 0.25) is 0 Å². The van der Waals surface area contributed by atoms with Crippen LogP contribution in [0, 0.1) is 0 Å². The predicted octanol–water partition coefficient (Wildman–Crippen LogP) is 2.61. The lowest BCUT2D eigenvalue weighted by atomic mass is 10.1. The largest absolute Gasteiger partial charge is 0.496 e. The van der Waals surface area contributed by atoms with Crippen molar-refractivity contribution in [2.75, 3.05) is 41.0 Å². The zero-order valence-electron chi connectivity index (χ0n) is 14.8. The molecule has 1 aromatic carbocycles. The summed E-state index contributed by atoms with van der Waals surface area (Å²) in [4.78, 5) is 4.54. The normalized spacial score (nSPS) is 10.4. The molecule has 0 saturated heterocycles. The van der Waals surface area contributed by atoms with Gasteiger partial charge in [0.1, 0.15) is 17.2 Å². The average molecular weight is 449 g/mol. The fourth-order valence-corrected chi connectivity index (χ4v) is 2.11. The Morgan fingerprint density at radius 3 is 2.21 bits per heavy atom. The molecule has 0 atom stereocenters. The molecule has 0 fully saturated rings. The number of aliphatic imine (C=N–C) groups is 1. The van der Waals surface area contributed by atoms with Gasteiger partial charge in [0.05, 0.1) is 21.3 Å². The molecule has 0 saturated carbocycles. The molecule has 0 aliphatic rings. The van der Waals surface area contributed by atoms with Crippen LogP contribution in [0.25, 0.3) is 0 Å². The van der Waals surface area contributed by atoms with Crippen LogP contribution in [0.5, 0.6) is 17.2 Å². The van der Waals surface area contributed by atoms with Gasteiger partial charge in [0.25, 0.3) is 0 Å². The van der Waals surface area contributed by atoms with Gasteiger partial charge in [-0.25, -0.2) is 0 Å². The average Bonchev–Trinajstić information content (AvgIpc) is 2.59. The topological polar surface area (TPSA) is 64.1 Å². The molecule has 0 bridgehead atoms. The van der Waals surface area contributed by atoms with E-state index in [1.165, 1.54) is 0 Å². The fourth-order valence-electron chi connectivity index (χ4n) is 2.11. The van der Waals surface area contributed by atoms with Crippen LogP contribution >= 0.6 is 24.0 Å². The molecule has 0 heterocycles. The first-order chi connectivity index (χ1) is 11.2. The van der Waals surface area contributed by atoms with Gasteiger partial charge in [-0.2, -0.15) is 0 Å². The molecule has 1 aromatic rings. The van der Waals surface area contributed by atoms with E-state index in [0.29, 0.717) is 25.3 Å². The highest BCUT2D eigenvalue weighted by Gasteiger charge is 2.12. The van der Waals surface area contributed by atoms with E-state index < -0.39 is 0 Å². The van der Waals surface area contributed by atoms with E-state index in [0.717, 1.165) is 29.6 Å². The lowest BCUT2D eigenvalue weighted by Crippen LogP contribution is -2.37. The number of benzene rings is 1. The number of rotatable bonds is 9. The Morgan fingerprint density at radius 2 is 1.75 bits per heavy atom. The third kappa shape index (κ3) is 6.86. The molecule has 0 aliphatic heterocycles. The third-order valence-electron chi connectivity index (χ3n) is 3.21. The van der Waals surface area contributed by atoms with Crippen molar-refractivity contribution in [2.45, 2.75) is 13.3 Å². The minimum atomic E-state index is 0. The molecule has 0 radical (unpaired) electrons. The smallest absolute Gasteiger partial charge is 0.191 e. The maximum atomic E-state index is 5.45. The summed E-state index contributed by atoms with van der Waals surface area (Å²) in [5.74, 6) is 2.94. The zero-order chi connectivity index (χ0) is 17.1. The van der Waals surface area contributed by atoms with Crippen molar-refractivity contribution < 1.29 is 14.2 Å². The molecule has 7 heteroatoms. The zero-order valence-corrected chi connectivity index (χ0v) is 17.2. The van der Waals surface area contributed by atoms with Crippen LogP contribution in [0.15, 0.2) is 29.8 Å². The molecule has 136 valence electrons. The van der Waals surface area contributed by atoms with Crippen LogP contribution in [0.4, 0.5) is 0 Å². The maximum Gasteiger partial charge on any atom is 0.191 e. The highest BCUT2D eigenvalue weighted by Crippen LogP contribution is 2.34. The van der Waals surface area contributed by atoms with E-state index in [1.807, 2.05) is 19.1 Å². The minimum absolute atomic E-state index is 0. The number of ether oxygens (including phenoxy) is 3. The summed E-state index contributed by atoms with van der Waals surface area (Å²) in [6, 6.07) is 3.70. The summed E-state index contributed by atoms with van der Waals surface area (Å²) in [5.41, 5.74) is 0.971. The quantitative estimate of drug-likeness (QED) is 0.263. The lowest BCUT2D eigenvalue weighted by Gasteiger charge is -2.15. The van der Waals surface area contributed by atoms with Gasteiger partial charge < -0.3 is 24.8 Å². The first kappa shape index (κ1) is 22.4. The van der Waals surface area contributed by atoms with Crippen LogP contribution in [-0.2, 0) is 6.42 Å². The Labute approximate surface area is 161 Å². The summed E-state index contributed by atoms with van der Waals surface area (Å²) in [6.45, 7) is 7.79. The van der Waals surface area contributed by atoms with Crippen molar-refractivity contribution in [2.24, 2.45) is 4.99 Å². The molecule has 2 N–H and O–H groups in total. The van der Waals surface area contributed by atoms with Crippen LogP contribution in [-0.4, -0.2) is 46.9 Å². The van der Waals surface area contributed by atoms with Gasteiger partial charge >= 0.3 is 0 Å². The number of nitrogens with zero attached hydrogens (tertiary/aromatic N) is 1. The molecule has 1 rings (SSSR count). The Hall–Kier alpha value is -1.64. The highest BCUT2D eigenvalue weighted by molar-refractivity contribution is 14.0. The van der Waals surface area contributed by atoms with Crippen LogP contribution in [0.1, 0.15) is 12.5 Å². The van der Waals surface area contributed by atoms with E-state index >= 15 is 0 Å². The number of methoxy groups -OCH3 is 3. The molecular weight excluding hydrogens is 421 g/mol. The second-order valence-corrected chi connectivity index (χ2v) is 4.69. The van der Waals surface area contributed by atoms with E-state index in [-0.39, 0.29) is 24.0 Å². The summed E-state index contributed by atoms with van der Waals surface area (Å²) in [7, 11) is 4.89. The maximum absolute atomic E-state index is 5.45. The Morgan fingerprint density at radius 1 is 1.12 bits per heavy atom. The number of halogens is 1. The molecule has 0 spiro atoms. The first-order valence-electron chi connectivity index (χ1n) is 7.62. The number of guanidine groups is 1. The van der Waals surface area contributed by atoms with E-state index in [4.69, 9.17) is 14.2 Å². The summed E-state index contributed by atoms with van der Waals surface area (Å²) in [6.07, 6.45) is 2.49. The molecule has 0 unspecified atom stereocenters. The molecule has 0 aliphatic carbocycles. The fraction of sp³-hybridized carbons (Fsp3) is 0.471. The molecule has 0 aromatic heterocycles. The van der Waals surface area contributed by atoms with Gasteiger partial charge in [-0.3, -0.25) is 4.99 Å². The summed E-state index contributed by atoms with van der Waals surface area (Å²) >= 11 is 0. The van der Waals surface area contributed by atoms with Crippen LogP contribution < -0.4 is 24.8 Å². The Kier molecular flexibility index (Phi) is 11.9. The molecule has 0 amide bonds. The van der Waals surface area contributed by atoms with Gasteiger partial charge in [0.15, 0.2) is 5.96 Å². The molecule has 6 nitrogen and oxygen atoms in total. The highest BCUT2D eigenvalue weighted by atomic mass is 127. The number of nitrogens with one attached hydrogen (secondary N) is 2. The molecule has 24 heavy (non-hydrogen) atoms. The van der Waals surface area contributed by atoms with Crippen molar-refractivity contribution in [3.8, 4) is 17.2 Å².